The summed E-state index contributed by atoms with van der Waals surface area (Å²) in [4.78, 5) is 20.8. The molecule has 0 bridgehead atoms. The van der Waals surface area contributed by atoms with Crippen molar-refractivity contribution in [3.8, 4) is 11.4 Å². The van der Waals surface area contributed by atoms with Gasteiger partial charge in [0.05, 0.1) is 23.3 Å². The highest BCUT2D eigenvalue weighted by Crippen LogP contribution is 2.25. The fourth-order valence-electron chi connectivity index (χ4n) is 3.79. The Morgan fingerprint density at radius 1 is 1.37 bits per heavy atom. The summed E-state index contributed by atoms with van der Waals surface area (Å²) in [7, 11) is 1.97. The lowest BCUT2D eigenvalue weighted by Gasteiger charge is -2.46. The monoisotopic (exact) mass is 418 g/mol. The van der Waals surface area contributed by atoms with E-state index in [9.17, 15) is 8.78 Å². The van der Waals surface area contributed by atoms with Crippen LogP contribution in [0.4, 0.5) is 14.6 Å². The van der Waals surface area contributed by atoms with E-state index < -0.39 is 12.1 Å². The van der Waals surface area contributed by atoms with Crippen LogP contribution in [0.2, 0.25) is 0 Å². The number of aromatic amines is 1. The Morgan fingerprint density at radius 2 is 2.17 bits per heavy atom. The number of hydrogen-bond donors (Lipinski definition) is 3. The van der Waals surface area contributed by atoms with E-state index in [-0.39, 0.29) is 6.04 Å². The molecule has 0 aliphatic carbocycles. The van der Waals surface area contributed by atoms with Gasteiger partial charge in [-0.15, -0.1) is 0 Å². The minimum Gasteiger partial charge on any atom is -0.351 e. The van der Waals surface area contributed by atoms with E-state index in [1.54, 1.807) is 6.20 Å². The number of nitrogens with zero attached hydrogens (tertiary/aromatic N) is 5. The summed E-state index contributed by atoms with van der Waals surface area (Å²) in [5.41, 5.74) is 0.577. The second-order valence-corrected chi connectivity index (χ2v) is 7.22. The van der Waals surface area contributed by atoms with Gasteiger partial charge in [-0.2, -0.15) is 0 Å². The lowest BCUT2D eigenvalue weighted by atomic mass is 10.0. The molecule has 10 heteroatoms. The van der Waals surface area contributed by atoms with Gasteiger partial charge in [-0.25, -0.2) is 23.7 Å². The molecule has 2 aromatic heterocycles. The summed E-state index contributed by atoms with van der Waals surface area (Å²) in [6.45, 7) is 8.13. The first kappa shape index (κ1) is 22.0. The summed E-state index contributed by atoms with van der Waals surface area (Å²) in [6, 6.07) is 2.56. The first-order valence-corrected chi connectivity index (χ1v) is 10.0. The maximum atomic E-state index is 12.4. The standard InChI is InChI=1S/C20H28F2N8/c1-4-29-7-8-30(13(2)17(29)11-24-3)19-9-15(26-12-27-19)16-10-25-18(28-16)6-5-14(23)20(21)22/h5-6,9-10,12-13,17,20,23-24H,4,7-8,11H2,1-3H3,(H,25,28)/b6-5-,23-14?. The number of anilines is 1. The van der Waals surface area contributed by atoms with Crippen LogP contribution in [-0.2, 0) is 0 Å². The molecule has 3 N–H and O–H groups in total. The number of alkyl halides is 2. The molecule has 0 saturated carbocycles. The number of likely N-dealkylation sites (N-methyl/N-ethyl adjacent to an activating group) is 2. The quantitative estimate of drug-likeness (QED) is 0.569. The highest BCUT2D eigenvalue weighted by atomic mass is 19.3. The van der Waals surface area contributed by atoms with Crippen molar-refractivity contribution >= 4 is 17.6 Å². The van der Waals surface area contributed by atoms with Crippen molar-refractivity contribution in [2.45, 2.75) is 32.4 Å². The summed E-state index contributed by atoms with van der Waals surface area (Å²) >= 11 is 0. The largest absolute Gasteiger partial charge is 0.351 e. The number of piperazine rings is 1. The van der Waals surface area contributed by atoms with Crippen molar-refractivity contribution in [1.29, 1.82) is 5.41 Å². The number of imidazole rings is 1. The first-order valence-electron chi connectivity index (χ1n) is 10.0. The van der Waals surface area contributed by atoms with Gasteiger partial charge in [-0.3, -0.25) is 10.3 Å². The summed E-state index contributed by atoms with van der Waals surface area (Å²) < 4.78 is 24.9. The van der Waals surface area contributed by atoms with Crippen LogP contribution in [0.1, 0.15) is 19.7 Å². The van der Waals surface area contributed by atoms with Crippen LogP contribution in [0.15, 0.2) is 24.7 Å². The Morgan fingerprint density at radius 3 is 2.87 bits per heavy atom. The zero-order valence-corrected chi connectivity index (χ0v) is 17.4. The molecule has 0 radical (unpaired) electrons. The Hall–Kier alpha value is -2.72. The minimum atomic E-state index is -2.80. The molecule has 8 nitrogen and oxygen atoms in total. The molecular weight excluding hydrogens is 390 g/mol. The number of allylic oxidation sites excluding steroid dienone is 1. The van der Waals surface area contributed by atoms with E-state index in [1.165, 1.54) is 12.4 Å². The van der Waals surface area contributed by atoms with Crippen LogP contribution in [0.5, 0.6) is 0 Å². The number of hydrogen-bond acceptors (Lipinski definition) is 7. The van der Waals surface area contributed by atoms with Crippen LogP contribution < -0.4 is 10.2 Å². The van der Waals surface area contributed by atoms with Gasteiger partial charge in [0.25, 0.3) is 6.43 Å². The number of halogens is 2. The van der Waals surface area contributed by atoms with Gasteiger partial charge in [-0.1, -0.05) is 6.92 Å². The van der Waals surface area contributed by atoms with Crippen LogP contribution in [-0.4, -0.2) is 82.3 Å². The summed E-state index contributed by atoms with van der Waals surface area (Å²) in [5, 5.41) is 10.5. The van der Waals surface area contributed by atoms with E-state index in [0.717, 1.165) is 38.1 Å². The van der Waals surface area contributed by atoms with Gasteiger partial charge < -0.3 is 15.2 Å². The molecular formula is C20H28F2N8. The van der Waals surface area contributed by atoms with Crippen molar-refractivity contribution in [3.63, 3.8) is 0 Å². The third kappa shape index (κ3) is 4.88. The first-order chi connectivity index (χ1) is 14.4. The minimum absolute atomic E-state index is 0.273. The van der Waals surface area contributed by atoms with E-state index in [2.05, 4.69) is 48.9 Å². The van der Waals surface area contributed by atoms with Crippen molar-refractivity contribution < 1.29 is 8.78 Å². The van der Waals surface area contributed by atoms with E-state index in [1.807, 2.05) is 13.1 Å². The van der Waals surface area contributed by atoms with Crippen LogP contribution in [0.25, 0.3) is 17.5 Å². The fraction of sp³-hybridized carbons (Fsp3) is 0.500. The second kappa shape index (κ2) is 9.86. The average Bonchev–Trinajstić information content (AvgIpc) is 3.22. The third-order valence-corrected chi connectivity index (χ3v) is 5.44. The van der Waals surface area contributed by atoms with Gasteiger partial charge in [-0.05, 0) is 32.7 Å². The topological polar surface area (TPSA) is 96.8 Å². The lowest BCUT2D eigenvalue weighted by Crippen LogP contribution is -2.61. The summed E-state index contributed by atoms with van der Waals surface area (Å²) in [6.07, 6.45) is 2.71. The van der Waals surface area contributed by atoms with E-state index in [0.29, 0.717) is 23.3 Å². The molecule has 1 saturated heterocycles. The molecule has 0 aromatic carbocycles. The molecule has 2 unspecified atom stereocenters. The zero-order chi connectivity index (χ0) is 21.7. The van der Waals surface area contributed by atoms with Gasteiger partial charge >= 0.3 is 0 Å². The molecule has 2 aromatic rings. The predicted octanol–water partition coefficient (Wildman–Crippen LogP) is 2.28. The molecule has 0 spiro atoms. The number of rotatable bonds is 8. The van der Waals surface area contributed by atoms with Crippen molar-refractivity contribution in [1.82, 2.24) is 30.2 Å². The molecule has 162 valence electrons. The van der Waals surface area contributed by atoms with Gasteiger partial charge in [0.1, 0.15) is 18.0 Å². The Balaban J connectivity index is 1.79. The highest BCUT2D eigenvalue weighted by molar-refractivity contribution is 5.97. The Labute approximate surface area is 174 Å². The molecule has 30 heavy (non-hydrogen) atoms. The molecule has 1 aliphatic rings. The number of aromatic nitrogens is 4. The molecule has 3 heterocycles. The number of H-pyrrole nitrogens is 1. The van der Waals surface area contributed by atoms with Crippen LogP contribution in [0.3, 0.4) is 0 Å². The molecule has 2 atom stereocenters. The maximum absolute atomic E-state index is 12.4. The SMILES string of the molecule is CCN1CCN(c2cc(-c3cnc(/C=C\C(=N)C(F)F)[nH]3)ncn2)C(C)C1CNC. The van der Waals surface area contributed by atoms with Gasteiger partial charge in [0, 0.05) is 37.8 Å². The predicted molar refractivity (Wildman–Crippen MR) is 114 cm³/mol. The zero-order valence-electron chi connectivity index (χ0n) is 17.4. The van der Waals surface area contributed by atoms with Crippen molar-refractivity contribution in [3.05, 3.63) is 30.5 Å². The molecule has 1 fully saturated rings. The van der Waals surface area contributed by atoms with E-state index >= 15 is 0 Å². The van der Waals surface area contributed by atoms with E-state index in [4.69, 9.17) is 5.41 Å². The molecule has 1 aliphatic heterocycles. The Kier molecular flexibility index (Phi) is 7.22. The lowest BCUT2D eigenvalue weighted by molar-refractivity contribution is 0.151. The second-order valence-electron chi connectivity index (χ2n) is 7.22. The highest BCUT2D eigenvalue weighted by Gasteiger charge is 2.33. The van der Waals surface area contributed by atoms with Crippen LogP contribution >= 0.6 is 0 Å². The maximum Gasteiger partial charge on any atom is 0.279 e. The number of nitrogens with one attached hydrogen (secondary N) is 3. The van der Waals surface area contributed by atoms with Crippen molar-refractivity contribution in [2.24, 2.45) is 0 Å². The third-order valence-electron chi connectivity index (χ3n) is 5.44. The van der Waals surface area contributed by atoms with Crippen molar-refractivity contribution in [2.75, 3.05) is 38.1 Å². The fourth-order valence-corrected chi connectivity index (χ4v) is 3.79. The van der Waals surface area contributed by atoms with Gasteiger partial charge in [0.2, 0.25) is 0 Å². The smallest absolute Gasteiger partial charge is 0.279 e. The average molecular weight is 418 g/mol. The Bertz CT molecular complexity index is 881. The molecule has 0 amide bonds. The molecule has 3 rings (SSSR count). The van der Waals surface area contributed by atoms with Gasteiger partial charge in [0.15, 0.2) is 0 Å². The normalized spacial score (nSPS) is 20.4. The summed E-state index contributed by atoms with van der Waals surface area (Å²) in [5.74, 6) is 1.23. The van der Waals surface area contributed by atoms with Crippen LogP contribution in [0, 0.1) is 5.41 Å².